The van der Waals surface area contributed by atoms with E-state index in [0.29, 0.717) is 39.3 Å². The molecule has 0 saturated heterocycles. The van der Waals surface area contributed by atoms with Crippen molar-refractivity contribution in [2.45, 2.75) is 19.9 Å². The maximum atomic E-state index is 14.2. The third-order valence-corrected chi connectivity index (χ3v) is 6.68. The number of para-hydroxylation sites is 1. The number of hydrogen-bond donors (Lipinski definition) is 1. The lowest BCUT2D eigenvalue weighted by molar-refractivity contribution is 0.624. The zero-order valence-electron chi connectivity index (χ0n) is 22.3. The summed E-state index contributed by atoms with van der Waals surface area (Å²) in [5.74, 6) is 6.81. The topological polar surface area (TPSA) is 94.9 Å². The van der Waals surface area contributed by atoms with Crippen LogP contribution in [0.15, 0.2) is 90.8 Å². The lowest BCUT2D eigenvalue weighted by atomic mass is 10.1. The smallest absolute Gasteiger partial charge is 0.267 e. The molecule has 0 aliphatic rings. The minimum Gasteiger partial charge on any atom is -0.375 e. The molecule has 1 N–H and O–H groups in total. The highest BCUT2D eigenvalue weighted by Gasteiger charge is 2.21. The number of aromatic nitrogens is 7. The zero-order chi connectivity index (χ0) is 27.8. The monoisotopic (exact) mass is 526 g/mol. The SMILES string of the molecule is C=C(N[C@H](C)c1nc2cccc(C#Cc3cnn(C)c3)c2c(=O)n1-c1ccccc1)c1cnn2c(C)ccnc12. The molecule has 40 heavy (non-hydrogen) atoms. The van der Waals surface area contributed by atoms with E-state index in [0.717, 1.165) is 16.8 Å². The van der Waals surface area contributed by atoms with Gasteiger partial charge in [-0.1, -0.05) is 42.7 Å². The molecule has 0 amide bonds. The molecule has 9 nitrogen and oxygen atoms in total. The van der Waals surface area contributed by atoms with Crippen LogP contribution in [0, 0.1) is 18.8 Å². The van der Waals surface area contributed by atoms with Crippen LogP contribution in [-0.4, -0.2) is 33.9 Å². The molecule has 2 aromatic carbocycles. The Bertz CT molecular complexity index is 2020. The van der Waals surface area contributed by atoms with Crippen molar-refractivity contribution in [2.75, 3.05) is 0 Å². The number of nitrogens with one attached hydrogen (secondary N) is 1. The number of fused-ring (bicyclic) bond motifs is 2. The summed E-state index contributed by atoms with van der Waals surface area (Å²) in [6.07, 6.45) is 7.01. The molecule has 6 aromatic rings. The molecule has 0 radical (unpaired) electrons. The van der Waals surface area contributed by atoms with E-state index in [4.69, 9.17) is 4.98 Å². The van der Waals surface area contributed by atoms with Gasteiger partial charge in [0.1, 0.15) is 5.82 Å². The molecule has 4 aromatic heterocycles. The Hall–Kier alpha value is -5.49. The molecule has 0 unspecified atom stereocenters. The average Bonchev–Trinajstić information content (AvgIpc) is 3.59. The molecule has 0 aliphatic carbocycles. The lowest BCUT2D eigenvalue weighted by Gasteiger charge is -2.21. The van der Waals surface area contributed by atoms with E-state index in [2.05, 4.69) is 38.9 Å². The Balaban J connectivity index is 1.46. The van der Waals surface area contributed by atoms with E-state index in [1.54, 1.807) is 32.4 Å². The fourth-order valence-corrected chi connectivity index (χ4v) is 4.72. The summed E-state index contributed by atoms with van der Waals surface area (Å²) in [7, 11) is 1.84. The maximum Gasteiger partial charge on any atom is 0.267 e. The van der Waals surface area contributed by atoms with Gasteiger partial charge >= 0.3 is 0 Å². The summed E-state index contributed by atoms with van der Waals surface area (Å²) in [5, 5.41) is 12.5. The van der Waals surface area contributed by atoms with E-state index in [1.807, 2.05) is 81.7 Å². The largest absolute Gasteiger partial charge is 0.375 e. The van der Waals surface area contributed by atoms with Crippen molar-refractivity contribution in [2.24, 2.45) is 7.05 Å². The highest BCUT2D eigenvalue weighted by molar-refractivity contribution is 5.85. The number of benzene rings is 2. The van der Waals surface area contributed by atoms with Gasteiger partial charge in [-0.05, 0) is 44.2 Å². The van der Waals surface area contributed by atoms with Crippen molar-refractivity contribution in [3.63, 3.8) is 0 Å². The molecule has 0 spiro atoms. The summed E-state index contributed by atoms with van der Waals surface area (Å²) >= 11 is 0. The summed E-state index contributed by atoms with van der Waals surface area (Å²) in [5.41, 5.74) is 5.52. The normalized spacial score (nSPS) is 11.8. The van der Waals surface area contributed by atoms with Crippen LogP contribution in [-0.2, 0) is 7.05 Å². The molecule has 196 valence electrons. The van der Waals surface area contributed by atoms with Crippen LogP contribution in [0.5, 0.6) is 0 Å². The second-order valence-corrected chi connectivity index (χ2v) is 9.52. The van der Waals surface area contributed by atoms with Gasteiger partial charge < -0.3 is 5.32 Å². The van der Waals surface area contributed by atoms with Gasteiger partial charge in [0.2, 0.25) is 0 Å². The predicted octanol–water partition coefficient (Wildman–Crippen LogP) is 4.19. The summed E-state index contributed by atoms with van der Waals surface area (Å²) < 4.78 is 5.10. The first kappa shape index (κ1) is 24.8. The van der Waals surface area contributed by atoms with E-state index in [1.165, 1.54) is 0 Å². The molecule has 0 saturated carbocycles. The standard InChI is InChI=1S/C31H26N8O/c1-20-15-16-32-30-26(18-34-39(20)30)21(2)35-22(3)29-36-27-12-8-9-24(14-13-23-17-33-37(4)19-23)28(27)31(40)38(29)25-10-6-5-7-11-25/h5-12,15-19,22,35H,2H2,1,3-4H3/t22-/m1/s1. The van der Waals surface area contributed by atoms with Crippen molar-refractivity contribution in [1.29, 1.82) is 0 Å². The van der Waals surface area contributed by atoms with Crippen molar-refractivity contribution in [3.8, 4) is 17.5 Å². The van der Waals surface area contributed by atoms with Gasteiger partial charge in [0.25, 0.3) is 5.56 Å². The van der Waals surface area contributed by atoms with E-state index >= 15 is 0 Å². The molecule has 1 atom stereocenters. The van der Waals surface area contributed by atoms with Crippen molar-refractivity contribution < 1.29 is 0 Å². The second kappa shape index (κ2) is 10.0. The minimum atomic E-state index is -0.380. The van der Waals surface area contributed by atoms with Gasteiger partial charge in [-0.25, -0.2) is 14.5 Å². The van der Waals surface area contributed by atoms with Crippen LogP contribution < -0.4 is 10.9 Å². The number of rotatable bonds is 5. The van der Waals surface area contributed by atoms with Crippen molar-refractivity contribution in [3.05, 3.63) is 125 Å². The molecule has 0 fully saturated rings. The molecule has 9 heteroatoms. The van der Waals surface area contributed by atoms with Crippen LogP contribution in [0.3, 0.4) is 0 Å². The third kappa shape index (κ3) is 4.41. The van der Waals surface area contributed by atoms with E-state index in [-0.39, 0.29) is 11.6 Å². The molecule has 0 bridgehead atoms. The van der Waals surface area contributed by atoms with Crippen LogP contribution >= 0.6 is 0 Å². The first-order valence-corrected chi connectivity index (χ1v) is 12.8. The Morgan fingerprint density at radius 1 is 1.02 bits per heavy atom. The van der Waals surface area contributed by atoms with Gasteiger partial charge in [-0.3, -0.25) is 14.0 Å². The highest BCUT2D eigenvalue weighted by Crippen LogP contribution is 2.23. The van der Waals surface area contributed by atoms with Gasteiger partial charge in [0, 0.05) is 36.4 Å². The fraction of sp³-hybridized carbons (Fsp3) is 0.129. The predicted molar refractivity (Wildman–Crippen MR) is 155 cm³/mol. The quantitative estimate of drug-likeness (QED) is 0.339. The first-order valence-electron chi connectivity index (χ1n) is 12.8. The van der Waals surface area contributed by atoms with Gasteiger partial charge in [0.05, 0.1) is 46.2 Å². The molecular weight excluding hydrogens is 500 g/mol. The second-order valence-electron chi connectivity index (χ2n) is 9.52. The van der Waals surface area contributed by atoms with E-state index < -0.39 is 0 Å². The Morgan fingerprint density at radius 2 is 1.85 bits per heavy atom. The first-order chi connectivity index (χ1) is 19.4. The molecular formula is C31H26N8O. The number of hydrogen-bond acceptors (Lipinski definition) is 6. The van der Waals surface area contributed by atoms with E-state index in [9.17, 15) is 4.79 Å². The Morgan fingerprint density at radius 3 is 2.62 bits per heavy atom. The summed E-state index contributed by atoms with van der Waals surface area (Å²) in [4.78, 5) is 23.6. The van der Waals surface area contributed by atoms with Gasteiger partial charge in [-0.2, -0.15) is 10.2 Å². The summed E-state index contributed by atoms with van der Waals surface area (Å²) in [6.45, 7) is 8.18. The lowest BCUT2D eigenvalue weighted by Crippen LogP contribution is -2.30. The van der Waals surface area contributed by atoms with Crippen molar-refractivity contribution >= 4 is 22.2 Å². The average molecular weight is 527 g/mol. The zero-order valence-corrected chi connectivity index (χ0v) is 22.3. The number of aryl methyl sites for hydroxylation is 2. The molecule has 4 heterocycles. The summed E-state index contributed by atoms with van der Waals surface area (Å²) in [6, 6.07) is 16.5. The van der Waals surface area contributed by atoms with Crippen LogP contribution in [0.2, 0.25) is 0 Å². The highest BCUT2D eigenvalue weighted by atomic mass is 16.1. The Kier molecular flexibility index (Phi) is 6.21. The molecule has 0 aliphatic heterocycles. The van der Waals surface area contributed by atoms with Gasteiger partial charge in [0.15, 0.2) is 5.65 Å². The number of nitrogens with zero attached hydrogens (tertiary/aromatic N) is 7. The third-order valence-electron chi connectivity index (χ3n) is 6.68. The minimum absolute atomic E-state index is 0.199. The van der Waals surface area contributed by atoms with Crippen molar-refractivity contribution in [1.82, 2.24) is 39.2 Å². The van der Waals surface area contributed by atoms with Crippen LogP contribution in [0.4, 0.5) is 0 Å². The van der Waals surface area contributed by atoms with Gasteiger partial charge in [-0.15, -0.1) is 0 Å². The molecule has 6 rings (SSSR count). The Labute approximate surface area is 230 Å². The maximum absolute atomic E-state index is 14.2. The fourth-order valence-electron chi connectivity index (χ4n) is 4.72. The van der Waals surface area contributed by atoms with Crippen LogP contribution in [0.1, 0.15) is 41.2 Å². The van der Waals surface area contributed by atoms with Crippen LogP contribution in [0.25, 0.3) is 27.9 Å².